The van der Waals surface area contributed by atoms with Gasteiger partial charge in [-0.3, -0.25) is 0 Å². The number of hydrogen-bond acceptors (Lipinski definition) is 8. The molecule has 1 aliphatic carbocycles. The van der Waals surface area contributed by atoms with E-state index in [0.29, 0.717) is 30.7 Å². The van der Waals surface area contributed by atoms with Crippen LogP contribution in [0.3, 0.4) is 0 Å². The van der Waals surface area contributed by atoms with Crippen LogP contribution in [0, 0.1) is 11.8 Å². The molecule has 3 aromatic rings. The maximum absolute atomic E-state index is 13.1. The molecule has 11 heteroatoms. The Hall–Kier alpha value is -2.73. The highest BCUT2D eigenvalue weighted by Crippen LogP contribution is 2.49. The van der Waals surface area contributed by atoms with Crippen molar-refractivity contribution >= 4 is 38.9 Å². The molecule has 2 aromatic heterocycles. The summed E-state index contributed by atoms with van der Waals surface area (Å²) in [5.41, 5.74) is 7.69. The fourth-order valence-electron chi connectivity index (χ4n) is 6.90. The number of rotatable bonds is 8. The number of nitrogen functional groups attached to an aromatic ring is 1. The van der Waals surface area contributed by atoms with Gasteiger partial charge in [-0.15, -0.1) is 0 Å². The standard InChI is InChI=1S/C32H43BrN6O4/c1-31(2,3)43-30(40)38(12-11-20-9-7-6-8-10-20)16-21-14-37(15-21)17-22-13-24(27-26(22)41-32(4,5)42-27)39-18-23(33)25-28(34)35-19-36-29(25)39/h6-10,18-19,21-22,24,26-27H,11-17H2,1-5H3,(H2,34,35,36)/t22-,24-,26-,27+/m1/s1. The Labute approximate surface area is 262 Å². The zero-order valence-corrected chi connectivity index (χ0v) is 27.3. The largest absolute Gasteiger partial charge is 0.444 e. The molecule has 0 bridgehead atoms. The van der Waals surface area contributed by atoms with Crippen molar-refractivity contribution in [1.29, 1.82) is 0 Å². The highest BCUT2D eigenvalue weighted by molar-refractivity contribution is 9.10. The van der Waals surface area contributed by atoms with Gasteiger partial charge >= 0.3 is 6.09 Å². The third-order valence-electron chi connectivity index (χ3n) is 8.67. The van der Waals surface area contributed by atoms with Gasteiger partial charge in [-0.05, 0) is 69.0 Å². The highest BCUT2D eigenvalue weighted by atomic mass is 79.9. The topological polar surface area (TPSA) is 108 Å². The van der Waals surface area contributed by atoms with Crippen LogP contribution >= 0.6 is 15.9 Å². The van der Waals surface area contributed by atoms with Crippen LogP contribution in [0.15, 0.2) is 47.3 Å². The monoisotopic (exact) mass is 654 g/mol. The number of halogens is 1. The van der Waals surface area contributed by atoms with Crippen LogP contribution in [-0.4, -0.2) is 86.7 Å². The van der Waals surface area contributed by atoms with E-state index in [1.54, 1.807) is 0 Å². The molecule has 10 nitrogen and oxygen atoms in total. The van der Waals surface area contributed by atoms with E-state index >= 15 is 0 Å². The van der Waals surface area contributed by atoms with Gasteiger partial charge in [0.2, 0.25) is 0 Å². The van der Waals surface area contributed by atoms with Crippen LogP contribution in [0.1, 0.15) is 52.6 Å². The summed E-state index contributed by atoms with van der Waals surface area (Å²) in [6, 6.07) is 10.4. The molecule has 2 aliphatic heterocycles. The Morgan fingerprint density at radius 3 is 2.60 bits per heavy atom. The van der Waals surface area contributed by atoms with Crippen LogP contribution in [-0.2, 0) is 20.6 Å². The quantitative estimate of drug-likeness (QED) is 0.350. The van der Waals surface area contributed by atoms with Crippen LogP contribution in [0.25, 0.3) is 11.0 Å². The number of anilines is 1. The smallest absolute Gasteiger partial charge is 0.410 e. The van der Waals surface area contributed by atoms with Gasteiger partial charge in [0, 0.05) is 55.2 Å². The summed E-state index contributed by atoms with van der Waals surface area (Å²) >= 11 is 3.66. The van der Waals surface area contributed by atoms with E-state index in [1.807, 2.05) is 57.7 Å². The van der Waals surface area contributed by atoms with Gasteiger partial charge in [0.1, 0.15) is 29.5 Å². The molecule has 0 unspecified atom stereocenters. The number of nitrogens with two attached hydrogens (primary N) is 1. The van der Waals surface area contributed by atoms with E-state index in [9.17, 15) is 4.79 Å². The first kappa shape index (κ1) is 30.3. The van der Waals surface area contributed by atoms with Gasteiger partial charge in [-0.2, -0.15) is 0 Å². The lowest BCUT2D eigenvalue weighted by Gasteiger charge is -2.43. The Bertz CT molecular complexity index is 1450. The first-order valence-corrected chi connectivity index (χ1v) is 16.0. The van der Waals surface area contributed by atoms with E-state index in [1.165, 1.54) is 11.9 Å². The van der Waals surface area contributed by atoms with Crippen LogP contribution in [0.4, 0.5) is 10.6 Å². The molecule has 6 rings (SSSR count). The van der Waals surface area contributed by atoms with Crippen LogP contribution < -0.4 is 5.73 Å². The van der Waals surface area contributed by atoms with E-state index < -0.39 is 11.4 Å². The molecule has 1 saturated carbocycles. The summed E-state index contributed by atoms with van der Waals surface area (Å²) in [6.45, 7) is 13.9. The number of hydrogen-bond donors (Lipinski definition) is 1. The van der Waals surface area contributed by atoms with Gasteiger partial charge in [0.15, 0.2) is 5.79 Å². The summed E-state index contributed by atoms with van der Waals surface area (Å²) < 4.78 is 21.8. The van der Waals surface area contributed by atoms with E-state index in [2.05, 4.69) is 53.7 Å². The fourth-order valence-corrected chi connectivity index (χ4v) is 7.50. The van der Waals surface area contributed by atoms with E-state index in [-0.39, 0.29) is 24.3 Å². The SMILES string of the molecule is CC(C)(C)OC(=O)N(CCc1ccccc1)CC1CN(C[C@H]2C[C@@H](n3cc(Br)c4c(N)ncnc43)[C@@H]3OC(C)(C)O[C@H]23)C1. The summed E-state index contributed by atoms with van der Waals surface area (Å²) in [6.07, 6.45) is 4.94. The van der Waals surface area contributed by atoms with E-state index in [4.69, 9.17) is 19.9 Å². The van der Waals surface area contributed by atoms with Crippen LogP contribution in [0.2, 0.25) is 0 Å². The molecule has 2 N–H and O–H groups in total. The average Bonchev–Trinajstić information content (AvgIpc) is 3.52. The molecule has 232 valence electrons. The molecule has 1 aromatic carbocycles. The number of aromatic nitrogens is 3. The molecule has 3 fully saturated rings. The Morgan fingerprint density at radius 2 is 1.88 bits per heavy atom. The summed E-state index contributed by atoms with van der Waals surface area (Å²) in [7, 11) is 0. The molecular weight excluding hydrogens is 612 g/mol. The Kier molecular flexibility index (Phi) is 8.21. The lowest BCUT2D eigenvalue weighted by atomic mass is 9.95. The third-order valence-corrected chi connectivity index (χ3v) is 9.27. The normalized spacial score (nSPS) is 25.5. The third kappa shape index (κ3) is 6.55. The van der Waals surface area contributed by atoms with Crippen molar-refractivity contribution in [3.05, 3.63) is 52.9 Å². The van der Waals surface area contributed by atoms with Crippen molar-refractivity contribution in [2.45, 2.75) is 77.1 Å². The summed E-state index contributed by atoms with van der Waals surface area (Å²) in [5, 5.41) is 0.827. The number of benzene rings is 1. The molecule has 0 radical (unpaired) electrons. The molecular formula is C32H43BrN6O4. The number of nitrogens with zero attached hydrogens (tertiary/aromatic N) is 5. The predicted octanol–water partition coefficient (Wildman–Crippen LogP) is 5.27. The van der Waals surface area contributed by atoms with E-state index in [0.717, 1.165) is 48.0 Å². The van der Waals surface area contributed by atoms with Crippen molar-refractivity contribution in [3.63, 3.8) is 0 Å². The van der Waals surface area contributed by atoms with Crippen molar-refractivity contribution < 1.29 is 19.0 Å². The van der Waals surface area contributed by atoms with Crippen molar-refractivity contribution in [2.24, 2.45) is 11.8 Å². The van der Waals surface area contributed by atoms with Crippen molar-refractivity contribution in [1.82, 2.24) is 24.3 Å². The second-order valence-electron chi connectivity index (χ2n) is 13.7. The molecule has 4 heterocycles. The molecule has 3 aliphatic rings. The predicted molar refractivity (Wildman–Crippen MR) is 168 cm³/mol. The maximum Gasteiger partial charge on any atom is 0.410 e. The summed E-state index contributed by atoms with van der Waals surface area (Å²) in [4.78, 5) is 26.3. The van der Waals surface area contributed by atoms with Gasteiger partial charge in [-0.25, -0.2) is 14.8 Å². The molecule has 43 heavy (non-hydrogen) atoms. The first-order chi connectivity index (χ1) is 20.4. The zero-order valence-electron chi connectivity index (χ0n) is 25.7. The lowest BCUT2D eigenvalue weighted by Crippen LogP contribution is -2.54. The number of carbonyl (C=O) groups excluding carboxylic acids is 1. The highest BCUT2D eigenvalue weighted by Gasteiger charge is 2.55. The maximum atomic E-state index is 13.1. The van der Waals surface area contributed by atoms with Gasteiger partial charge < -0.3 is 34.3 Å². The number of likely N-dealkylation sites (tertiary alicyclic amines) is 1. The second-order valence-corrected chi connectivity index (χ2v) is 14.6. The molecule has 1 amide bonds. The van der Waals surface area contributed by atoms with Crippen LogP contribution in [0.5, 0.6) is 0 Å². The molecule has 0 spiro atoms. The molecule has 4 atom stereocenters. The van der Waals surface area contributed by atoms with Gasteiger partial charge in [-0.1, -0.05) is 30.3 Å². The minimum absolute atomic E-state index is 0.0152. The number of fused-ring (bicyclic) bond motifs is 2. The fraction of sp³-hybridized carbons (Fsp3) is 0.594. The first-order valence-electron chi connectivity index (χ1n) is 15.2. The lowest BCUT2D eigenvalue weighted by molar-refractivity contribution is -0.161. The van der Waals surface area contributed by atoms with Crippen molar-refractivity contribution in [3.8, 4) is 0 Å². The van der Waals surface area contributed by atoms with Gasteiger partial charge in [0.05, 0.1) is 17.5 Å². The Morgan fingerprint density at radius 1 is 1.16 bits per heavy atom. The minimum Gasteiger partial charge on any atom is -0.444 e. The minimum atomic E-state index is -0.648. The Balaban J connectivity index is 1.11. The number of ether oxygens (including phenoxy) is 3. The zero-order chi connectivity index (χ0) is 30.5. The van der Waals surface area contributed by atoms with Gasteiger partial charge in [0.25, 0.3) is 0 Å². The second kappa shape index (κ2) is 11.6. The number of carbonyl (C=O) groups is 1. The average molecular weight is 656 g/mol. The van der Waals surface area contributed by atoms with Crippen molar-refractivity contribution in [2.75, 3.05) is 38.5 Å². The molecule has 2 saturated heterocycles. The summed E-state index contributed by atoms with van der Waals surface area (Å²) in [5.74, 6) is 0.511. The number of amides is 1.